The smallest absolute Gasteiger partial charge is 0.278 e. The molecule has 0 N–H and O–H groups in total. The first-order valence-electron chi connectivity index (χ1n) is 8.17. The number of hydrogen-bond acceptors (Lipinski definition) is 4. The summed E-state index contributed by atoms with van der Waals surface area (Å²) in [5.41, 5.74) is 3.11. The van der Waals surface area contributed by atoms with Crippen LogP contribution in [0.2, 0.25) is 10.0 Å². The third-order valence-corrected chi connectivity index (χ3v) is 4.97. The fraction of sp³-hybridized carbons (Fsp3) is 0.222. The number of anilines is 1. The van der Waals surface area contributed by atoms with Gasteiger partial charge in [-0.05, 0) is 43.5 Å². The molecule has 2 heterocycles. The Morgan fingerprint density at radius 2 is 1.96 bits per heavy atom. The molecule has 26 heavy (non-hydrogen) atoms. The van der Waals surface area contributed by atoms with E-state index in [1.807, 2.05) is 6.07 Å². The van der Waals surface area contributed by atoms with Crippen LogP contribution >= 0.6 is 23.2 Å². The topological polar surface area (TPSA) is 63.9 Å². The van der Waals surface area contributed by atoms with Crippen molar-refractivity contribution in [2.24, 2.45) is 0 Å². The van der Waals surface area contributed by atoms with Crippen molar-refractivity contribution in [3.8, 4) is 5.69 Å². The molecule has 0 saturated heterocycles. The van der Waals surface area contributed by atoms with E-state index in [1.165, 1.54) is 4.90 Å². The Kier molecular flexibility index (Phi) is 4.38. The number of amides is 1. The van der Waals surface area contributed by atoms with E-state index in [0.717, 1.165) is 30.5 Å². The summed E-state index contributed by atoms with van der Waals surface area (Å²) in [6.07, 6.45) is 5.83. The summed E-state index contributed by atoms with van der Waals surface area (Å²) in [6.45, 7) is 0. The summed E-state index contributed by atoms with van der Waals surface area (Å²) in [5.74, 6) is 0.0986. The molecular formula is C18H15Cl2N5O. The maximum absolute atomic E-state index is 13.0. The molecule has 8 heteroatoms. The summed E-state index contributed by atoms with van der Waals surface area (Å²) < 4.78 is 1.76. The number of rotatable bonds is 3. The van der Waals surface area contributed by atoms with Crippen LogP contribution in [-0.2, 0) is 12.8 Å². The first kappa shape index (κ1) is 17.0. The maximum Gasteiger partial charge on any atom is 0.281 e. The number of halogens is 2. The Morgan fingerprint density at radius 1 is 1.19 bits per heavy atom. The minimum atomic E-state index is -0.238. The molecule has 0 radical (unpaired) electrons. The molecular weight excluding hydrogens is 373 g/mol. The van der Waals surface area contributed by atoms with E-state index in [0.29, 0.717) is 27.4 Å². The second-order valence-corrected chi connectivity index (χ2v) is 6.89. The van der Waals surface area contributed by atoms with Gasteiger partial charge in [0, 0.05) is 35.7 Å². The zero-order chi connectivity index (χ0) is 18.3. The van der Waals surface area contributed by atoms with Crippen LogP contribution in [0.4, 0.5) is 5.95 Å². The van der Waals surface area contributed by atoms with Gasteiger partial charge in [0.15, 0.2) is 5.69 Å². The van der Waals surface area contributed by atoms with Crippen LogP contribution < -0.4 is 4.90 Å². The van der Waals surface area contributed by atoms with Crippen molar-refractivity contribution in [1.29, 1.82) is 0 Å². The van der Waals surface area contributed by atoms with Crippen LogP contribution in [0.5, 0.6) is 0 Å². The lowest BCUT2D eigenvalue weighted by molar-refractivity contribution is 0.0985. The van der Waals surface area contributed by atoms with Crippen molar-refractivity contribution < 1.29 is 4.79 Å². The molecule has 1 amide bonds. The van der Waals surface area contributed by atoms with E-state index in [9.17, 15) is 4.79 Å². The van der Waals surface area contributed by atoms with E-state index >= 15 is 0 Å². The number of carbonyl (C=O) groups is 1. The zero-order valence-electron chi connectivity index (χ0n) is 14.0. The lowest BCUT2D eigenvalue weighted by atomic mass is 10.2. The van der Waals surface area contributed by atoms with Gasteiger partial charge in [0.2, 0.25) is 5.95 Å². The molecule has 0 spiro atoms. The fourth-order valence-electron chi connectivity index (χ4n) is 3.18. The van der Waals surface area contributed by atoms with Gasteiger partial charge in [0.1, 0.15) is 0 Å². The van der Waals surface area contributed by atoms with Crippen LogP contribution in [0.1, 0.15) is 28.2 Å². The predicted octanol–water partition coefficient (Wildman–Crippen LogP) is 3.73. The van der Waals surface area contributed by atoms with Gasteiger partial charge in [0.25, 0.3) is 5.91 Å². The quantitative estimate of drug-likeness (QED) is 0.686. The first-order chi connectivity index (χ1) is 12.6. The largest absolute Gasteiger partial charge is 0.281 e. The molecule has 0 fully saturated rings. The van der Waals surface area contributed by atoms with Crippen LogP contribution in [0.25, 0.3) is 5.69 Å². The molecule has 4 rings (SSSR count). The lowest BCUT2D eigenvalue weighted by Crippen LogP contribution is -2.29. The molecule has 0 saturated carbocycles. The van der Waals surface area contributed by atoms with Crippen molar-refractivity contribution >= 4 is 35.1 Å². The average molecular weight is 388 g/mol. The summed E-state index contributed by atoms with van der Waals surface area (Å²) in [6, 6.07) is 6.95. The predicted molar refractivity (Wildman–Crippen MR) is 100 cm³/mol. The monoisotopic (exact) mass is 387 g/mol. The summed E-state index contributed by atoms with van der Waals surface area (Å²) in [4.78, 5) is 22.7. The molecule has 0 aliphatic heterocycles. The van der Waals surface area contributed by atoms with Gasteiger partial charge in [0.05, 0.1) is 10.7 Å². The molecule has 0 unspecified atom stereocenters. The minimum absolute atomic E-state index is 0.238. The molecule has 2 aromatic heterocycles. The number of hydrogen-bond donors (Lipinski definition) is 0. The molecule has 1 aromatic carbocycles. The number of benzene rings is 1. The summed E-state index contributed by atoms with van der Waals surface area (Å²) in [5, 5.41) is 5.63. The number of aromatic nitrogens is 4. The van der Waals surface area contributed by atoms with Gasteiger partial charge >= 0.3 is 0 Å². The Labute approximate surface area is 160 Å². The fourth-order valence-corrected chi connectivity index (χ4v) is 3.66. The van der Waals surface area contributed by atoms with Crippen molar-refractivity contribution in [2.75, 3.05) is 11.9 Å². The third-order valence-electron chi connectivity index (χ3n) is 4.43. The van der Waals surface area contributed by atoms with E-state index in [4.69, 9.17) is 23.2 Å². The molecule has 132 valence electrons. The Bertz CT molecular complexity index is 987. The lowest BCUT2D eigenvalue weighted by Gasteiger charge is -2.13. The highest BCUT2D eigenvalue weighted by atomic mass is 35.5. The van der Waals surface area contributed by atoms with Gasteiger partial charge in [-0.25, -0.2) is 14.6 Å². The van der Waals surface area contributed by atoms with Gasteiger partial charge < -0.3 is 0 Å². The van der Waals surface area contributed by atoms with Gasteiger partial charge in [-0.1, -0.05) is 23.2 Å². The van der Waals surface area contributed by atoms with E-state index in [-0.39, 0.29) is 5.91 Å². The van der Waals surface area contributed by atoms with Crippen LogP contribution in [0.3, 0.4) is 0 Å². The Hall–Kier alpha value is -2.44. The summed E-state index contributed by atoms with van der Waals surface area (Å²) >= 11 is 12.4. The van der Waals surface area contributed by atoms with Crippen LogP contribution in [-0.4, -0.2) is 32.7 Å². The maximum atomic E-state index is 13.0. The molecule has 1 aliphatic carbocycles. The highest BCUT2D eigenvalue weighted by Gasteiger charge is 2.30. The number of nitrogens with zero attached hydrogens (tertiary/aromatic N) is 5. The van der Waals surface area contributed by atoms with Gasteiger partial charge in [-0.15, -0.1) is 0 Å². The first-order valence-corrected chi connectivity index (χ1v) is 8.93. The van der Waals surface area contributed by atoms with E-state index < -0.39 is 0 Å². The van der Waals surface area contributed by atoms with Crippen molar-refractivity contribution in [2.45, 2.75) is 19.3 Å². The van der Waals surface area contributed by atoms with Gasteiger partial charge in [-0.2, -0.15) is 5.10 Å². The SMILES string of the molecule is CN(C(=O)c1nn(-c2ccc(Cl)cc2Cl)c2c1CCC2)c1ncccn1. The molecule has 0 bridgehead atoms. The average Bonchev–Trinajstić information content (AvgIpc) is 3.24. The van der Waals surface area contributed by atoms with Crippen LogP contribution in [0.15, 0.2) is 36.7 Å². The number of carbonyl (C=O) groups excluding carboxylic acids is 1. The molecule has 6 nitrogen and oxygen atoms in total. The molecule has 3 aromatic rings. The molecule has 0 atom stereocenters. The zero-order valence-corrected chi connectivity index (χ0v) is 15.5. The minimum Gasteiger partial charge on any atom is -0.278 e. The van der Waals surface area contributed by atoms with Crippen molar-refractivity contribution in [3.05, 3.63) is 63.7 Å². The van der Waals surface area contributed by atoms with Crippen molar-refractivity contribution in [3.63, 3.8) is 0 Å². The second-order valence-electron chi connectivity index (χ2n) is 6.05. The highest BCUT2D eigenvalue weighted by Crippen LogP contribution is 2.32. The molecule has 1 aliphatic rings. The standard InChI is InChI=1S/C18H15Cl2N5O/c1-24(18-21-8-3-9-22-18)17(26)16-12-4-2-5-14(12)25(23-16)15-7-6-11(19)10-13(15)20/h3,6-10H,2,4-5H2,1H3. The summed E-state index contributed by atoms with van der Waals surface area (Å²) in [7, 11) is 1.65. The van der Waals surface area contributed by atoms with Gasteiger partial charge in [-0.3, -0.25) is 9.69 Å². The van der Waals surface area contributed by atoms with E-state index in [1.54, 1.807) is 42.3 Å². The van der Waals surface area contributed by atoms with Crippen molar-refractivity contribution in [1.82, 2.24) is 19.7 Å². The van der Waals surface area contributed by atoms with Crippen LogP contribution in [0, 0.1) is 0 Å². The van der Waals surface area contributed by atoms with E-state index in [2.05, 4.69) is 15.1 Å². The normalized spacial score (nSPS) is 12.9. The Morgan fingerprint density at radius 3 is 2.69 bits per heavy atom. The highest BCUT2D eigenvalue weighted by molar-refractivity contribution is 6.35. The Balaban J connectivity index is 1.78. The second kappa shape index (κ2) is 6.70. The number of fused-ring (bicyclic) bond motifs is 1. The third kappa shape index (κ3) is 2.85.